The number of rotatable bonds is 6. The van der Waals surface area contributed by atoms with E-state index in [1.807, 2.05) is 6.92 Å². The Kier molecular flexibility index (Phi) is 4.99. The Hall–Kier alpha value is -2.09. The van der Waals surface area contributed by atoms with E-state index in [0.29, 0.717) is 25.1 Å². The van der Waals surface area contributed by atoms with Gasteiger partial charge in [0, 0.05) is 11.7 Å². The van der Waals surface area contributed by atoms with Gasteiger partial charge in [-0.05, 0) is 44.0 Å². The average Bonchev–Trinajstić information content (AvgIpc) is 3.29. The Morgan fingerprint density at radius 1 is 1.16 bits per heavy atom. The first kappa shape index (κ1) is 17.7. The minimum absolute atomic E-state index is 0.00545. The molecule has 1 saturated carbocycles. The van der Waals surface area contributed by atoms with Crippen LogP contribution in [0.4, 0.5) is 5.69 Å². The van der Waals surface area contributed by atoms with Crippen LogP contribution in [0.1, 0.15) is 19.8 Å². The van der Waals surface area contributed by atoms with Crippen molar-refractivity contribution in [1.82, 2.24) is 5.32 Å². The van der Waals surface area contributed by atoms with Crippen molar-refractivity contribution in [3.63, 3.8) is 0 Å². The van der Waals surface area contributed by atoms with E-state index in [1.54, 1.807) is 24.3 Å². The molecule has 3 atom stereocenters. The van der Waals surface area contributed by atoms with Crippen molar-refractivity contribution in [3.05, 3.63) is 24.3 Å². The molecular weight excluding hydrogens is 344 g/mol. The number of hydrogen-bond acceptors (Lipinski definition) is 5. The van der Waals surface area contributed by atoms with Crippen molar-refractivity contribution in [3.8, 4) is 5.75 Å². The van der Waals surface area contributed by atoms with Crippen LogP contribution in [0.3, 0.4) is 0 Å². The van der Waals surface area contributed by atoms with Gasteiger partial charge in [0.15, 0.2) is 9.84 Å². The van der Waals surface area contributed by atoms with Crippen molar-refractivity contribution < 1.29 is 22.7 Å². The van der Waals surface area contributed by atoms with Crippen LogP contribution in [-0.4, -0.2) is 44.4 Å². The fraction of sp³-hybridized carbons (Fsp3) is 0.529. The molecule has 2 amide bonds. The van der Waals surface area contributed by atoms with Gasteiger partial charge in [0.1, 0.15) is 5.75 Å². The van der Waals surface area contributed by atoms with Crippen LogP contribution < -0.4 is 15.4 Å². The Labute approximate surface area is 147 Å². The minimum Gasteiger partial charge on any atom is -0.494 e. The first-order chi connectivity index (χ1) is 11.9. The molecule has 2 N–H and O–H groups in total. The highest BCUT2D eigenvalue weighted by Crippen LogP contribution is 2.39. The second-order valence-electron chi connectivity index (χ2n) is 6.50. The van der Waals surface area contributed by atoms with Gasteiger partial charge in [0.05, 0.1) is 29.9 Å². The Morgan fingerprint density at radius 3 is 2.44 bits per heavy atom. The van der Waals surface area contributed by atoms with Crippen LogP contribution in [-0.2, 0) is 19.4 Å². The van der Waals surface area contributed by atoms with Crippen molar-refractivity contribution in [2.24, 2.45) is 11.8 Å². The van der Waals surface area contributed by atoms with E-state index >= 15 is 0 Å². The van der Waals surface area contributed by atoms with Crippen molar-refractivity contribution >= 4 is 27.3 Å². The summed E-state index contributed by atoms with van der Waals surface area (Å²) in [5.74, 6) is -0.303. The summed E-state index contributed by atoms with van der Waals surface area (Å²) in [6.07, 6.45) is 0.942. The molecular formula is C17H22N2O5S. The number of carbonyl (C=O) groups excluding carboxylic acids is 2. The molecule has 7 nitrogen and oxygen atoms in total. The third-order valence-corrected chi connectivity index (χ3v) is 6.24. The fourth-order valence-electron chi connectivity index (χ4n) is 3.03. The van der Waals surface area contributed by atoms with E-state index in [0.717, 1.165) is 5.75 Å². The van der Waals surface area contributed by atoms with Crippen LogP contribution in [0.2, 0.25) is 0 Å². The van der Waals surface area contributed by atoms with E-state index in [2.05, 4.69) is 10.6 Å². The molecule has 3 rings (SSSR count). The molecule has 1 aliphatic carbocycles. The molecule has 0 bridgehead atoms. The Balaban J connectivity index is 1.47. The first-order valence-electron chi connectivity index (χ1n) is 8.42. The highest BCUT2D eigenvalue weighted by molar-refractivity contribution is 7.91. The van der Waals surface area contributed by atoms with Gasteiger partial charge in [0.25, 0.3) is 0 Å². The Bertz CT molecular complexity index is 760. The smallest absolute Gasteiger partial charge is 0.228 e. The standard InChI is InChI=1S/C17H22N2O5S/c1-2-24-13-5-3-11(4-6-13)18-16(20)14-9-15(14)17(21)19-12-7-8-25(22,23)10-12/h3-6,12,14-15H,2,7-10H2,1H3,(H,18,20)(H,19,21). The zero-order valence-electron chi connectivity index (χ0n) is 14.0. The van der Waals surface area contributed by atoms with Crippen LogP contribution in [0.25, 0.3) is 0 Å². The van der Waals surface area contributed by atoms with Crippen molar-refractivity contribution in [1.29, 1.82) is 0 Å². The van der Waals surface area contributed by atoms with E-state index in [-0.39, 0.29) is 41.2 Å². The predicted molar refractivity (Wildman–Crippen MR) is 93.0 cm³/mol. The lowest BCUT2D eigenvalue weighted by atomic mass is 10.2. The van der Waals surface area contributed by atoms with Gasteiger partial charge >= 0.3 is 0 Å². The maximum atomic E-state index is 12.2. The molecule has 1 aromatic carbocycles. The number of ether oxygens (including phenoxy) is 1. The molecule has 136 valence electrons. The molecule has 1 aromatic rings. The third kappa shape index (κ3) is 4.50. The molecule has 0 spiro atoms. The molecule has 25 heavy (non-hydrogen) atoms. The summed E-state index contributed by atoms with van der Waals surface area (Å²) in [5.41, 5.74) is 0.654. The van der Waals surface area contributed by atoms with Crippen molar-refractivity contribution in [2.45, 2.75) is 25.8 Å². The molecule has 8 heteroatoms. The topological polar surface area (TPSA) is 102 Å². The largest absolute Gasteiger partial charge is 0.494 e. The number of carbonyl (C=O) groups is 2. The van der Waals surface area contributed by atoms with Gasteiger partial charge in [-0.15, -0.1) is 0 Å². The van der Waals surface area contributed by atoms with E-state index in [1.165, 1.54) is 0 Å². The van der Waals surface area contributed by atoms with Crippen LogP contribution in [0.15, 0.2) is 24.3 Å². The summed E-state index contributed by atoms with van der Waals surface area (Å²) >= 11 is 0. The van der Waals surface area contributed by atoms with Gasteiger partial charge in [-0.1, -0.05) is 0 Å². The van der Waals surface area contributed by atoms with Gasteiger partial charge in [-0.25, -0.2) is 8.42 Å². The van der Waals surface area contributed by atoms with E-state index in [9.17, 15) is 18.0 Å². The summed E-state index contributed by atoms with van der Waals surface area (Å²) in [7, 11) is -3.03. The molecule has 0 aromatic heterocycles. The molecule has 2 fully saturated rings. The highest BCUT2D eigenvalue weighted by atomic mass is 32.2. The summed E-state index contributed by atoms with van der Waals surface area (Å²) in [6.45, 7) is 2.47. The van der Waals surface area contributed by atoms with Crippen LogP contribution in [0.5, 0.6) is 5.75 Å². The number of anilines is 1. The second kappa shape index (κ2) is 7.03. The molecule has 3 unspecified atom stereocenters. The monoisotopic (exact) mass is 366 g/mol. The lowest BCUT2D eigenvalue weighted by molar-refractivity contribution is -0.125. The van der Waals surface area contributed by atoms with Gasteiger partial charge < -0.3 is 15.4 Å². The molecule has 1 aliphatic heterocycles. The van der Waals surface area contributed by atoms with E-state index < -0.39 is 9.84 Å². The van der Waals surface area contributed by atoms with E-state index in [4.69, 9.17) is 4.74 Å². The fourth-order valence-corrected chi connectivity index (χ4v) is 4.70. The minimum atomic E-state index is -3.03. The zero-order valence-corrected chi connectivity index (χ0v) is 14.8. The van der Waals surface area contributed by atoms with Crippen molar-refractivity contribution in [2.75, 3.05) is 23.4 Å². The zero-order chi connectivity index (χ0) is 18.0. The average molecular weight is 366 g/mol. The van der Waals surface area contributed by atoms with Gasteiger partial charge in [-0.2, -0.15) is 0 Å². The summed E-state index contributed by atoms with van der Waals surface area (Å²) in [4.78, 5) is 24.4. The number of sulfone groups is 1. The van der Waals surface area contributed by atoms with Crippen LogP contribution in [0, 0.1) is 11.8 Å². The molecule has 2 aliphatic rings. The molecule has 0 radical (unpaired) electrons. The predicted octanol–water partition coefficient (Wildman–Crippen LogP) is 0.963. The highest BCUT2D eigenvalue weighted by Gasteiger charge is 2.48. The molecule has 1 heterocycles. The summed E-state index contributed by atoms with van der Waals surface area (Å²) < 4.78 is 28.2. The number of benzene rings is 1. The lowest BCUT2D eigenvalue weighted by Gasteiger charge is -2.10. The summed E-state index contributed by atoms with van der Waals surface area (Å²) in [5, 5.41) is 5.55. The quantitative estimate of drug-likeness (QED) is 0.781. The maximum Gasteiger partial charge on any atom is 0.228 e. The normalized spacial score (nSPS) is 26.7. The third-order valence-electron chi connectivity index (χ3n) is 4.48. The maximum absolute atomic E-state index is 12.2. The van der Waals surface area contributed by atoms with Gasteiger partial charge in [-0.3, -0.25) is 9.59 Å². The van der Waals surface area contributed by atoms with Gasteiger partial charge in [0.2, 0.25) is 11.8 Å². The summed E-state index contributed by atoms with van der Waals surface area (Å²) in [6, 6.07) is 6.73. The number of amides is 2. The number of nitrogens with one attached hydrogen (secondary N) is 2. The van der Waals surface area contributed by atoms with Crippen LogP contribution >= 0.6 is 0 Å². The lowest BCUT2D eigenvalue weighted by Crippen LogP contribution is -2.37. The Morgan fingerprint density at radius 2 is 1.84 bits per heavy atom. The molecule has 1 saturated heterocycles. The first-order valence-corrected chi connectivity index (χ1v) is 10.2. The SMILES string of the molecule is CCOc1ccc(NC(=O)C2CC2C(=O)NC2CCS(=O)(=O)C2)cc1. The second-order valence-corrected chi connectivity index (χ2v) is 8.73. The number of hydrogen-bond donors (Lipinski definition) is 2.